The molecule has 4 rings (SSSR count). The number of benzene rings is 3. The molecule has 5 nitrogen and oxygen atoms in total. The molecule has 0 spiro atoms. The Morgan fingerprint density at radius 1 is 0.897 bits per heavy atom. The maximum atomic E-state index is 13.8. The summed E-state index contributed by atoms with van der Waals surface area (Å²) < 4.78 is 6.62. The van der Waals surface area contributed by atoms with E-state index in [1.54, 1.807) is 41.3 Å². The van der Waals surface area contributed by atoms with E-state index < -0.39 is 6.04 Å². The first-order valence-electron chi connectivity index (χ1n) is 13.0. The number of rotatable bonds is 10. The molecule has 3 aromatic rings. The molecule has 2 amide bonds. The average Bonchev–Trinajstić information content (AvgIpc) is 2.93. The van der Waals surface area contributed by atoms with Gasteiger partial charge >= 0.3 is 0 Å². The van der Waals surface area contributed by atoms with Crippen LogP contribution in [0.3, 0.4) is 0 Å². The normalized spacial score (nSPS) is 14.5. The van der Waals surface area contributed by atoms with Crippen LogP contribution < -0.4 is 10.1 Å². The van der Waals surface area contributed by atoms with Crippen molar-refractivity contribution in [2.75, 3.05) is 6.61 Å². The molecule has 0 saturated heterocycles. The quantitative estimate of drug-likeness (QED) is 0.243. The highest BCUT2D eigenvalue weighted by Crippen LogP contribution is 2.28. The molecular formula is C30H30BrCl3N2O3. The number of nitrogens with one attached hydrogen (secondary N) is 1. The van der Waals surface area contributed by atoms with Gasteiger partial charge in [0.25, 0.3) is 5.91 Å². The Hall–Kier alpha value is -2.25. The molecule has 1 aliphatic carbocycles. The van der Waals surface area contributed by atoms with Crippen molar-refractivity contribution in [1.82, 2.24) is 10.2 Å². The molecule has 9 heteroatoms. The van der Waals surface area contributed by atoms with Gasteiger partial charge in [-0.05, 0) is 54.3 Å². The van der Waals surface area contributed by atoms with Crippen molar-refractivity contribution in [3.8, 4) is 5.75 Å². The minimum absolute atomic E-state index is 0.101. The van der Waals surface area contributed by atoms with Crippen molar-refractivity contribution in [3.05, 3.63) is 97.4 Å². The largest absolute Gasteiger partial charge is 0.482 e. The molecular weight excluding hydrogens is 623 g/mol. The zero-order valence-electron chi connectivity index (χ0n) is 21.3. The van der Waals surface area contributed by atoms with Crippen LogP contribution in [0.2, 0.25) is 15.1 Å². The van der Waals surface area contributed by atoms with E-state index in [1.807, 2.05) is 30.3 Å². The molecule has 39 heavy (non-hydrogen) atoms. The number of hydrogen-bond donors (Lipinski definition) is 1. The van der Waals surface area contributed by atoms with Crippen molar-refractivity contribution in [2.24, 2.45) is 0 Å². The third-order valence-electron chi connectivity index (χ3n) is 6.80. The molecule has 0 bridgehead atoms. The fraction of sp³-hybridized carbons (Fsp3) is 0.333. The molecule has 1 fully saturated rings. The van der Waals surface area contributed by atoms with Crippen molar-refractivity contribution < 1.29 is 14.3 Å². The second-order valence-corrected chi connectivity index (χ2v) is 11.8. The van der Waals surface area contributed by atoms with E-state index in [0.29, 0.717) is 27.2 Å². The van der Waals surface area contributed by atoms with Gasteiger partial charge in [-0.2, -0.15) is 0 Å². The predicted molar refractivity (Wildman–Crippen MR) is 161 cm³/mol. The van der Waals surface area contributed by atoms with Crippen LogP contribution >= 0.6 is 50.7 Å². The van der Waals surface area contributed by atoms with Gasteiger partial charge in [0.05, 0.1) is 15.1 Å². The smallest absolute Gasteiger partial charge is 0.261 e. The Labute approximate surface area is 252 Å². The van der Waals surface area contributed by atoms with Gasteiger partial charge in [0.2, 0.25) is 5.91 Å². The van der Waals surface area contributed by atoms with Crippen molar-refractivity contribution in [3.63, 3.8) is 0 Å². The minimum atomic E-state index is -0.764. The fourth-order valence-electron chi connectivity index (χ4n) is 4.75. The summed E-state index contributed by atoms with van der Waals surface area (Å²) in [5, 5.41) is 4.40. The zero-order chi connectivity index (χ0) is 27.8. The van der Waals surface area contributed by atoms with E-state index >= 15 is 0 Å². The van der Waals surface area contributed by atoms with Crippen LogP contribution in [-0.2, 0) is 22.6 Å². The standard InChI is InChI=1S/C30H30BrCl3N2O3/c31-22-12-14-28(26(34)17-22)39-19-29(37)36(18-21-11-13-24(32)25(33)15-21)27(16-20-7-3-1-4-8-20)30(38)35-23-9-5-2-6-10-23/h1,3-4,7-8,11-15,17,23,27H,2,5-6,9-10,16,18-19H2,(H,35,38)/t27-/m1/s1. The Balaban J connectivity index is 1.63. The lowest BCUT2D eigenvalue weighted by Crippen LogP contribution is -2.53. The van der Waals surface area contributed by atoms with E-state index in [4.69, 9.17) is 39.5 Å². The summed E-state index contributed by atoms with van der Waals surface area (Å²) in [6.07, 6.45) is 5.58. The highest BCUT2D eigenvalue weighted by Gasteiger charge is 2.32. The Kier molecular flexibility index (Phi) is 11.0. The van der Waals surface area contributed by atoms with E-state index in [0.717, 1.165) is 41.3 Å². The zero-order valence-corrected chi connectivity index (χ0v) is 25.2. The van der Waals surface area contributed by atoms with Crippen molar-refractivity contribution in [2.45, 2.75) is 57.2 Å². The van der Waals surface area contributed by atoms with Crippen LogP contribution in [0.15, 0.2) is 71.2 Å². The number of amides is 2. The number of carbonyl (C=O) groups excluding carboxylic acids is 2. The second kappa shape index (κ2) is 14.4. The van der Waals surface area contributed by atoms with Gasteiger partial charge in [0.15, 0.2) is 6.61 Å². The van der Waals surface area contributed by atoms with Gasteiger partial charge in [0.1, 0.15) is 11.8 Å². The predicted octanol–water partition coefficient (Wildman–Crippen LogP) is 7.88. The lowest BCUT2D eigenvalue weighted by molar-refractivity contribution is -0.143. The lowest BCUT2D eigenvalue weighted by Gasteiger charge is -2.33. The molecule has 1 atom stereocenters. The Morgan fingerprint density at radius 3 is 2.33 bits per heavy atom. The van der Waals surface area contributed by atoms with Gasteiger partial charge in [-0.15, -0.1) is 0 Å². The Bertz CT molecular complexity index is 1290. The molecule has 206 valence electrons. The molecule has 3 aromatic carbocycles. The summed E-state index contributed by atoms with van der Waals surface area (Å²) in [6, 6.07) is 19.4. The third kappa shape index (κ3) is 8.62. The number of ether oxygens (including phenoxy) is 1. The molecule has 0 unspecified atom stereocenters. The highest BCUT2D eigenvalue weighted by molar-refractivity contribution is 9.10. The molecule has 1 aliphatic rings. The summed E-state index contributed by atoms with van der Waals surface area (Å²) in [5.74, 6) is -0.144. The maximum absolute atomic E-state index is 13.8. The molecule has 1 saturated carbocycles. The monoisotopic (exact) mass is 650 g/mol. The Morgan fingerprint density at radius 2 is 1.64 bits per heavy atom. The summed E-state index contributed by atoms with van der Waals surface area (Å²) in [5.41, 5.74) is 1.70. The number of hydrogen-bond acceptors (Lipinski definition) is 3. The maximum Gasteiger partial charge on any atom is 0.261 e. The highest BCUT2D eigenvalue weighted by atomic mass is 79.9. The first-order valence-corrected chi connectivity index (χ1v) is 14.9. The van der Waals surface area contributed by atoms with Crippen molar-refractivity contribution in [1.29, 1.82) is 0 Å². The first-order chi connectivity index (χ1) is 18.8. The van der Waals surface area contributed by atoms with Gasteiger partial charge in [-0.25, -0.2) is 0 Å². The minimum Gasteiger partial charge on any atom is -0.482 e. The van der Waals surface area contributed by atoms with E-state index in [9.17, 15) is 9.59 Å². The van der Waals surface area contributed by atoms with E-state index in [1.165, 1.54) is 6.42 Å². The van der Waals surface area contributed by atoms with Crippen LogP contribution in [0.5, 0.6) is 5.75 Å². The number of carbonyl (C=O) groups is 2. The average molecular weight is 653 g/mol. The van der Waals surface area contributed by atoms with Crippen LogP contribution in [0, 0.1) is 0 Å². The van der Waals surface area contributed by atoms with Crippen LogP contribution in [-0.4, -0.2) is 35.4 Å². The molecule has 0 heterocycles. The third-order valence-corrected chi connectivity index (χ3v) is 8.33. The van der Waals surface area contributed by atoms with Crippen molar-refractivity contribution >= 4 is 62.5 Å². The molecule has 0 aromatic heterocycles. The SMILES string of the molecule is O=C(NC1CCCCC1)[C@@H](Cc1ccccc1)N(Cc1ccc(Cl)c(Cl)c1)C(=O)COc1ccc(Br)cc1Cl. The molecule has 0 radical (unpaired) electrons. The molecule has 1 N–H and O–H groups in total. The lowest BCUT2D eigenvalue weighted by atomic mass is 9.94. The molecule has 0 aliphatic heterocycles. The first kappa shape index (κ1) is 29.7. The fourth-order valence-corrected chi connectivity index (χ4v) is 5.80. The van der Waals surface area contributed by atoms with Gasteiger partial charge in [0, 0.05) is 23.5 Å². The number of halogens is 4. The van der Waals surface area contributed by atoms with Crippen LogP contribution in [0.1, 0.15) is 43.2 Å². The van der Waals surface area contributed by atoms with E-state index in [2.05, 4.69) is 21.2 Å². The van der Waals surface area contributed by atoms with Gasteiger partial charge in [-0.3, -0.25) is 9.59 Å². The topological polar surface area (TPSA) is 58.6 Å². The summed E-state index contributed by atoms with van der Waals surface area (Å²) >= 11 is 22.1. The van der Waals surface area contributed by atoms with Crippen LogP contribution in [0.4, 0.5) is 0 Å². The van der Waals surface area contributed by atoms with Crippen LogP contribution in [0.25, 0.3) is 0 Å². The summed E-state index contributed by atoms with van der Waals surface area (Å²) in [6.45, 7) is -0.132. The van der Waals surface area contributed by atoms with Gasteiger partial charge in [-0.1, -0.05) is 106 Å². The number of nitrogens with zero attached hydrogens (tertiary/aromatic N) is 1. The van der Waals surface area contributed by atoms with Gasteiger partial charge < -0.3 is 15.0 Å². The summed E-state index contributed by atoms with van der Waals surface area (Å²) in [4.78, 5) is 29.2. The summed E-state index contributed by atoms with van der Waals surface area (Å²) in [7, 11) is 0. The second-order valence-electron chi connectivity index (χ2n) is 9.68. The van der Waals surface area contributed by atoms with E-state index in [-0.39, 0.29) is 31.0 Å².